The number of hydrogen-bond acceptors (Lipinski definition) is 14. The number of carbonyl (C=O) groups excluding carboxylic acids is 1. The molecule has 0 aliphatic carbocycles. The molecule has 2 fully saturated rings. The van der Waals surface area contributed by atoms with Gasteiger partial charge in [-0.3, -0.25) is 0 Å². The van der Waals surface area contributed by atoms with Crippen LogP contribution in [0.2, 0.25) is 88.6 Å². The Kier molecular flexibility index (Phi) is 19.5. The first-order chi connectivity index (χ1) is 39.1. The highest BCUT2D eigenvalue weighted by Gasteiger charge is 2.55. The van der Waals surface area contributed by atoms with Gasteiger partial charge in [-0.2, -0.15) is 0 Å². The topological polar surface area (TPSA) is 181 Å². The van der Waals surface area contributed by atoms with Crippen molar-refractivity contribution in [2.24, 2.45) is 0 Å². The van der Waals surface area contributed by atoms with Gasteiger partial charge in [0.2, 0.25) is 5.79 Å². The van der Waals surface area contributed by atoms with Crippen molar-refractivity contribution in [2.75, 3.05) is 33.4 Å². The first-order valence-electron chi connectivity index (χ1n) is 29.7. The van der Waals surface area contributed by atoms with Gasteiger partial charge in [0, 0.05) is 35.4 Å². The molecule has 1 unspecified atom stereocenters. The van der Waals surface area contributed by atoms with E-state index in [1.54, 1.807) is 48.5 Å². The zero-order valence-electron chi connectivity index (χ0n) is 55.5. The highest BCUT2D eigenvalue weighted by atomic mass is 79.9. The molecule has 9 atom stereocenters. The van der Waals surface area contributed by atoms with Gasteiger partial charge in [-0.25, -0.2) is 4.79 Å². The Bertz CT molecular complexity index is 2840. The van der Waals surface area contributed by atoms with Gasteiger partial charge in [0.1, 0.15) is 48.1 Å². The number of rotatable bonds is 20. The van der Waals surface area contributed by atoms with Crippen LogP contribution >= 0.6 is 39.1 Å². The fourth-order valence-electron chi connectivity index (χ4n) is 8.03. The molecule has 6 rings (SSSR count). The number of halogens is 3. The largest absolute Gasteiger partial charge is 0.494 e. The second kappa shape index (κ2) is 28.8. The summed E-state index contributed by atoms with van der Waals surface area (Å²) in [5.74, 6) is -2.04. The molecule has 4 aromatic rings. The lowest BCUT2D eigenvalue weighted by Crippen LogP contribution is -2.64. The molecule has 2 heterocycles. The molecule has 424 valence electrons. The number of aliphatic hydroxyl groups excluding tert-OH is 4. The lowest BCUT2D eigenvalue weighted by Gasteiger charge is -2.47. The van der Waals surface area contributed by atoms with Crippen LogP contribution in [0.4, 0.5) is 0 Å². The van der Waals surface area contributed by atoms with Crippen molar-refractivity contribution < 1.29 is 80.3 Å². The number of hydrogen-bond donors (Lipinski definition) is 4. The van der Waals surface area contributed by atoms with Crippen LogP contribution in [0.5, 0.6) is 11.5 Å². The third-order valence-corrected chi connectivity index (χ3v) is 16.5. The number of aliphatic hydroxyl groups is 4. The standard InChI is InChI=1S/C22H27ClO7.C18H42O6Si4.C15H14BrClO/c1-3-29-16-7-4-13(5-8-16)10-14-11-15(6-9-17(14)23)22(28-2)21(27)20(26)19(25)18(12-24)30-22;1-25(2,3)20-13-14-15(22-26(4,5)6)16(23-27(7,8)9)17(18(19)21-14)24-28(10,11)12;1-2-18-14-6-3-11(4-7-14)9-12-10-13(16)5-8-15(12)17/h4-9,11,18-21,24-27H,3,10,12H2,1-2H3;14-17H,13H2,1-12H3;3-8,10H,2,9H2,1H3/t18-,19-,20+,21-,22?;14-,15-,16+,17-;/m11./s1/i1D3,3D2;;1D3,2D2. The summed E-state index contributed by atoms with van der Waals surface area (Å²) in [4.78, 5) is 12.9. The summed E-state index contributed by atoms with van der Waals surface area (Å²) in [6, 6.07) is 23.0. The summed E-state index contributed by atoms with van der Waals surface area (Å²) in [6.45, 7) is 13.7. The van der Waals surface area contributed by atoms with Crippen molar-refractivity contribution in [3.63, 3.8) is 0 Å². The zero-order valence-corrected chi connectivity index (χ0v) is 52.6. The van der Waals surface area contributed by atoms with Gasteiger partial charge in [0.25, 0.3) is 0 Å². The summed E-state index contributed by atoms with van der Waals surface area (Å²) in [7, 11) is -6.41. The van der Waals surface area contributed by atoms with Crippen LogP contribution in [0.3, 0.4) is 0 Å². The summed E-state index contributed by atoms with van der Waals surface area (Å²) in [6.07, 6.45) is -7.26. The minimum absolute atomic E-state index is 0.0365. The van der Waals surface area contributed by atoms with E-state index >= 15 is 0 Å². The maximum atomic E-state index is 12.9. The number of carbonyl (C=O) groups is 1. The lowest BCUT2D eigenvalue weighted by atomic mass is 9.87. The SMILES string of the molecule is C[Si](C)(C)OC[C@H]1OC(=O)[C@H](O[Si](C)(C)C)[C@@H](O[Si](C)(C)C)[C@@H]1O[Si](C)(C)C.[2H]C([2H])([2H])C([2H])([2H])Oc1ccc(Cc2cc(Br)ccc2Cl)cc1.[2H]C([2H])([2H])C([2H])([2H])Oc1ccc(Cc2cc(C3(OC)O[C@H](CO)[C@@H](O)[C@H](O)[C@H]3O)ccc2Cl)cc1. The Hall–Kier alpha value is -2.52. The average Bonchev–Trinajstić information content (AvgIpc) is 0.905. The van der Waals surface area contributed by atoms with Gasteiger partial charge in [0.15, 0.2) is 45.5 Å². The van der Waals surface area contributed by atoms with Crippen LogP contribution in [0.15, 0.2) is 89.4 Å². The number of esters is 1. The Labute approximate surface area is 488 Å². The molecular weight excluding hydrogens is 1150 g/mol. The molecule has 0 spiro atoms. The van der Waals surface area contributed by atoms with E-state index in [0.29, 0.717) is 34.2 Å². The maximum Gasteiger partial charge on any atom is 0.337 e. The van der Waals surface area contributed by atoms with E-state index in [2.05, 4.69) is 94.5 Å². The Morgan fingerprint density at radius 1 is 0.658 bits per heavy atom. The van der Waals surface area contributed by atoms with Gasteiger partial charge in [-0.05, 0) is 182 Å². The second-order valence-electron chi connectivity index (χ2n) is 22.2. The van der Waals surface area contributed by atoms with Crippen molar-refractivity contribution in [3.05, 3.63) is 127 Å². The van der Waals surface area contributed by atoms with Crippen LogP contribution in [0.1, 0.15) is 55.2 Å². The van der Waals surface area contributed by atoms with Crippen molar-refractivity contribution >= 4 is 78.4 Å². The fourth-order valence-corrected chi connectivity index (χ4v) is 12.6. The molecule has 2 aliphatic rings. The second-order valence-corrected chi connectivity index (χ2v) is 41.8. The molecule has 2 aliphatic heterocycles. The first kappa shape index (κ1) is 51.6. The van der Waals surface area contributed by atoms with Crippen LogP contribution in [-0.4, -0.2) is 142 Å². The minimum atomic E-state index is -2.96. The van der Waals surface area contributed by atoms with E-state index in [4.69, 9.17) is 78.3 Å². The predicted octanol–water partition coefficient (Wildman–Crippen LogP) is 11.1. The molecule has 21 heteroatoms. The molecule has 0 radical (unpaired) electrons. The van der Waals surface area contributed by atoms with E-state index in [1.807, 2.05) is 18.2 Å². The van der Waals surface area contributed by atoms with Crippen LogP contribution in [0.25, 0.3) is 0 Å². The van der Waals surface area contributed by atoms with Crippen molar-refractivity contribution in [2.45, 2.75) is 160 Å². The normalized spacial score (nSPS) is 26.8. The average molecular weight is 1240 g/mol. The fraction of sp³-hybridized carbons (Fsp3) is 0.545. The molecule has 0 amide bonds. The summed E-state index contributed by atoms with van der Waals surface area (Å²) in [5.41, 5.74) is 3.51. The number of ether oxygens (including phenoxy) is 5. The van der Waals surface area contributed by atoms with Crippen molar-refractivity contribution in [1.29, 1.82) is 0 Å². The van der Waals surface area contributed by atoms with Crippen LogP contribution in [0, 0.1) is 0 Å². The third kappa shape index (κ3) is 20.2. The summed E-state index contributed by atoms with van der Waals surface area (Å²) < 4.78 is 126. The number of cyclic esters (lactones) is 1. The van der Waals surface area contributed by atoms with E-state index in [0.717, 1.165) is 21.2 Å². The van der Waals surface area contributed by atoms with Gasteiger partial charge in [-0.15, -0.1) is 0 Å². The molecule has 76 heavy (non-hydrogen) atoms. The third-order valence-electron chi connectivity index (χ3n) is 11.3. The molecule has 14 nitrogen and oxygen atoms in total. The first-order valence-corrected chi connectivity index (χ1v) is 39.8. The number of methoxy groups -OCH3 is 1. The monoisotopic (exact) mass is 1240 g/mol. The molecule has 4 N–H and O–H groups in total. The van der Waals surface area contributed by atoms with Crippen molar-refractivity contribution in [3.8, 4) is 11.5 Å². The highest BCUT2D eigenvalue weighted by molar-refractivity contribution is 9.10. The van der Waals surface area contributed by atoms with Gasteiger partial charge < -0.3 is 61.8 Å². The molecule has 4 aromatic carbocycles. The summed E-state index contributed by atoms with van der Waals surface area (Å²) >= 11 is 15.9. The Balaban J connectivity index is 0.000000283. The van der Waals surface area contributed by atoms with Crippen molar-refractivity contribution in [1.82, 2.24) is 0 Å². The quantitative estimate of drug-likeness (QED) is 0.0485. The van der Waals surface area contributed by atoms with Gasteiger partial charge in [0.05, 0.1) is 31.8 Å². The highest BCUT2D eigenvalue weighted by Crippen LogP contribution is 2.41. The zero-order chi connectivity index (χ0) is 65.6. The molecular formula is C55H83BrCl2O14Si4. The van der Waals surface area contributed by atoms with Gasteiger partial charge in [-0.1, -0.05) is 69.5 Å². The van der Waals surface area contributed by atoms with E-state index in [1.165, 1.54) is 25.3 Å². The molecule has 0 aromatic heterocycles. The Morgan fingerprint density at radius 2 is 1.14 bits per heavy atom. The van der Waals surface area contributed by atoms with E-state index in [9.17, 15) is 25.2 Å². The molecule has 0 saturated carbocycles. The number of benzene rings is 4. The minimum Gasteiger partial charge on any atom is -0.494 e. The van der Waals surface area contributed by atoms with E-state index in [-0.39, 0.29) is 30.0 Å². The predicted molar refractivity (Wildman–Crippen MR) is 314 cm³/mol. The smallest absolute Gasteiger partial charge is 0.337 e. The lowest BCUT2D eigenvalue weighted by molar-refractivity contribution is -0.366. The summed E-state index contributed by atoms with van der Waals surface area (Å²) in [5, 5.41) is 41.7. The molecule has 0 bridgehead atoms. The maximum absolute atomic E-state index is 12.9. The van der Waals surface area contributed by atoms with E-state index < -0.39 is 115 Å². The van der Waals surface area contributed by atoms with Gasteiger partial charge >= 0.3 is 5.97 Å². The van der Waals surface area contributed by atoms with Crippen LogP contribution < -0.4 is 9.47 Å². The molecule has 2 saturated heterocycles. The van der Waals surface area contributed by atoms with Crippen LogP contribution in [-0.2, 0) is 55.3 Å². The Morgan fingerprint density at radius 3 is 1.61 bits per heavy atom.